The minimum absolute atomic E-state index is 0.0573. The van der Waals surface area contributed by atoms with Crippen LogP contribution in [0, 0.1) is 5.82 Å². The lowest BCUT2D eigenvalue weighted by Gasteiger charge is -2.09. The highest BCUT2D eigenvalue weighted by Crippen LogP contribution is 2.36. The van der Waals surface area contributed by atoms with Crippen molar-refractivity contribution in [1.29, 1.82) is 0 Å². The van der Waals surface area contributed by atoms with Gasteiger partial charge in [0.15, 0.2) is 17.5 Å². The third-order valence-corrected chi connectivity index (χ3v) is 6.71. The van der Waals surface area contributed by atoms with Crippen LogP contribution in [0.2, 0.25) is 0 Å². The molecule has 0 saturated carbocycles. The van der Waals surface area contributed by atoms with Gasteiger partial charge in [-0.25, -0.2) is 19.3 Å². The summed E-state index contributed by atoms with van der Waals surface area (Å²) in [6.07, 6.45) is 0. The lowest BCUT2D eigenvalue weighted by atomic mass is 10.1. The Morgan fingerprint density at radius 2 is 1.18 bits per heavy atom. The molecule has 0 fully saturated rings. The number of benzene rings is 4. The van der Waals surface area contributed by atoms with Crippen LogP contribution in [0.5, 0.6) is 0 Å². The van der Waals surface area contributed by atoms with Gasteiger partial charge in [0.05, 0.1) is 5.69 Å². The number of anilines is 1. The van der Waals surface area contributed by atoms with Crippen molar-refractivity contribution in [1.82, 2.24) is 15.0 Å². The Balaban J connectivity index is 1.57. The van der Waals surface area contributed by atoms with E-state index in [9.17, 15) is 4.39 Å². The highest BCUT2D eigenvalue weighted by atomic mass is 32.1. The molecule has 2 N–H and O–H groups in total. The van der Waals surface area contributed by atoms with E-state index in [2.05, 4.69) is 41.4 Å². The Labute approximate surface area is 193 Å². The van der Waals surface area contributed by atoms with Crippen LogP contribution >= 0.6 is 11.3 Å². The quantitative estimate of drug-likeness (QED) is 0.297. The second-order valence-electron chi connectivity index (χ2n) is 7.72. The van der Waals surface area contributed by atoms with Gasteiger partial charge in [-0.1, -0.05) is 48.5 Å². The summed E-state index contributed by atoms with van der Waals surface area (Å²) in [5.41, 5.74) is 8.27. The Bertz CT molecular complexity index is 1640. The van der Waals surface area contributed by atoms with Crippen molar-refractivity contribution in [3.8, 4) is 34.2 Å². The first-order chi connectivity index (χ1) is 16.2. The van der Waals surface area contributed by atoms with Crippen LogP contribution in [0.3, 0.4) is 0 Å². The topological polar surface area (TPSA) is 64.7 Å². The maximum Gasteiger partial charge on any atom is 0.164 e. The number of nitrogens with zero attached hydrogens (tertiary/aromatic N) is 3. The zero-order valence-corrected chi connectivity index (χ0v) is 18.2. The highest BCUT2D eigenvalue weighted by molar-refractivity contribution is 7.25. The molecule has 4 nitrogen and oxygen atoms in total. The number of hydrogen-bond donors (Lipinski definition) is 1. The molecule has 6 heteroatoms. The molecule has 33 heavy (non-hydrogen) atoms. The smallest absolute Gasteiger partial charge is 0.164 e. The van der Waals surface area contributed by atoms with E-state index < -0.39 is 5.82 Å². The fourth-order valence-electron chi connectivity index (χ4n) is 3.90. The van der Waals surface area contributed by atoms with E-state index in [1.54, 1.807) is 23.5 Å². The van der Waals surface area contributed by atoms with Gasteiger partial charge in [0.2, 0.25) is 0 Å². The maximum absolute atomic E-state index is 13.8. The number of nitrogens with two attached hydrogens (primary N) is 1. The summed E-state index contributed by atoms with van der Waals surface area (Å²) in [7, 11) is 0. The van der Waals surface area contributed by atoms with Gasteiger partial charge in [0.25, 0.3) is 0 Å². The Morgan fingerprint density at radius 1 is 0.576 bits per heavy atom. The van der Waals surface area contributed by atoms with Gasteiger partial charge >= 0.3 is 0 Å². The largest absolute Gasteiger partial charge is 0.396 e. The molecule has 6 rings (SSSR count). The summed E-state index contributed by atoms with van der Waals surface area (Å²) in [5.74, 6) is 1.08. The molecule has 158 valence electrons. The summed E-state index contributed by atoms with van der Waals surface area (Å²) in [4.78, 5) is 14.2. The predicted molar refractivity (Wildman–Crippen MR) is 133 cm³/mol. The molecule has 6 aromatic rings. The predicted octanol–water partition coefficient (Wildman–Crippen LogP) is 6.96. The number of hydrogen-bond acceptors (Lipinski definition) is 5. The number of rotatable bonds is 3. The molecule has 0 aliphatic rings. The summed E-state index contributed by atoms with van der Waals surface area (Å²) in [6.45, 7) is 0. The van der Waals surface area contributed by atoms with Gasteiger partial charge in [-0.2, -0.15) is 0 Å². The van der Waals surface area contributed by atoms with Crippen LogP contribution in [0.25, 0.3) is 54.3 Å². The van der Waals surface area contributed by atoms with Gasteiger partial charge < -0.3 is 5.73 Å². The van der Waals surface area contributed by atoms with Crippen LogP contribution in [0.4, 0.5) is 10.1 Å². The van der Waals surface area contributed by atoms with E-state index in [-0.39, 0.29) is 5.69 Å². The van der Waals surface area contributed by atoms with Crippen LogP contribution in [-0.2, 0) is 0 Å². The Morgan fingerprint density at radius 3 is 1.94 bits per heavy atom. The lowest BCUT2D eigenvalue weighted by molar-refractivity contribution is 0.632. The molecule has 0 bridgehead atoms. The van der Waals surface area contributed by atoms with E-state index >= 15 is 0 Å². The normalized spacial score (nSPS) is 11.3. The van der Waals surface area contributed by atoms with Crippen molar-refractivity contribution in [3.05, 3.63) is 96.8 Å². The van der Waals surface area contributed by atoms with Gasteiger partial charge in [0.1, 0.15) is 5.82 Å². The van der Waals surface area contributed by atoms with Crippen LogP contribution in [0.1, 0.15) is 0 Å². The monoisotopic (exact) mass is 448 g/mol. The third kappa shape index (κ3) is 3.50. The highest BCUT2D eigenvalue weighted by Gasteiger charge is 2.14. The molecule has 0 unspecified atom stereocenters. The van der Waals surface area contributed by atoms with E-state index in [1.165, 1.54) is 26.2 Å². The van der Waals surface area contributed by atoms with Crippen LogP contribution in [0.15, 0.2) is 91.0 Å². The molecule has 0 amide bonds. The first kappa shape index (κ1) is 19.5. The van der Waals surface area contributed by atoms with Crippen molar-refractivity contribution < 1.29 is 4.39 Å². The molecule has 4 aromatic carbocycles. The first-order valence-electron chi connectivity index (χ1n) is 10.4. The van der Waals surface area contributed by atoms with Crippen molar-refractivity contribution >= 4 is 37.2 Å². The first-order valence-corrected chi connectivity index (χ1v) is 11.3. The number of fused-ring (bicyclic) bond motifs is 3. The van der Waals surface area contributed by atoms with E-state index in [0.29, 0.717) is 23.0 Å². The Hall–Kier alpha value is -4.16. The van der Waals surface area contributed by atoms with Gasteiger partial charge in [-0.3, -0.25) is 0 Å². The van der Waals surface area contributed by atoms with Crippen molar-refractivity contribution in [2.45, 2.75) is 0 Å². The van der Waals surface area contributed by atoms with Crippen molar-refractivity contribution in [2.75, 3.05) is 5.73 Å². The fourth-order valence-corrected chi connectivity index (χ4v) is 4.98. The molecule has 0 spiro atoms. The number of halogens is 1. The molecular weight excluding hydrogens is 431 g/mol. The third-order valence-electron chi connectivity index (χ3n) is 5.56. The second-order valence-corrected chi connectivity index (χ2v) is 8.80. The molecule has 0 radical (unpaired) electrons. The summed E-state index contributed by atoms with van der Waals surface area (Å²) >= 11 is 1.77. The van der Waals surface area contributed by atoms with E-state index in [1.807, 2.05) is 36.4 Å². The van der Waals surface area contributed by atoms with Crippen molar-refractivity contribution in [3.63, 3.8) is 0 Å². The molecule has 2 heterocycles. The molecule has 0 atom stereocenters. The number of nitrogen functional groups attached to an aromatic ring is 1. The van der Waals surface area contributed by atoms with Gasteiger partial charge in [-0.15, -0.1) is 11.3 Å². The zero-order chi connectivity index (χ0) is 22.4. The minimum Gasteiger partial charge on any atom is -0.396 e. The molecule has 0 saturated heterocycles. The average Bonchev–Trinajstić information content (AvgIpc) is 3.24. The lowest BCUT2D eigenvalue weighted by Crippen LogP contribution is -2.01. The summed E-state index contributed by atoms with van der Waals surface area (Å²) < 4.78 is 16.2. The Kier molecular flexibility index (Phi) is 4.59. The fraction of sp³-hybridized carbons (Fsp3) is 0. The molecular formula is C27H17FN4S. The van der Waals surface area contributed by atoms with Gasteiger partial charge in [0, 0.05) is 36.9 Å². The molecule has 0 aliphatic heterocycles. The van der Waals surface area contributed by atoms with E-state index in [0.717, 1.165) is 11.1 Å². The maximum atomic E-state index is 13.8. The summed E-state index contributed by atoms with van der Waals surface area (Å²) in [6, 6.07) is 28.9. The number of thiophene rings is 1. The molecule has 2 aromatic heterocycles. The standard InChI is InChI=1S/C27H17FN4S/c28-21-12-10-18(15-22(21)29)27-31-25(16-6-2-1-3-7-16)30-26(32-27)17-11-13-24-20(14-17)19-8-4-5-9-23(19)33-24/h1-15H,29H2. The number of aromatic nitrogens is 3. The van der Waals surface area contributed by atoms with Crippen LogP contribution in [-0.4, -0.2) is 15.0 Å². The van der Waals surface area contributed by atoms with E-state index in [4.69, 9.17) is 15.7 Å². The van der Waals surface area contributed by atoms with Crippen molar-refractivity contribution in [2.24, 2.45) is 0 Å². The summed E-state index contributed by atoms with van der Waals surface area (Å²) in [5, 5.41) is 2.38. The molecule has 0 aliphatic carbocycles. The zero-order valence-electron chi connectivity index (χ0n) is 17.4. The second kappa shape index (κ2) is 7.76. The average molecular weight is 449 g/mol. The SMILES string of the molecule is Nc1cc(-c2nc(-c3ccccc3)nc(-c3ccc4sc5ccccc5c4c3)n2)ccc1F. The minimum atomic E-state index is -0.467. The van der Waals surface area contributed by atoms with Crippen LogP contribution < -0.4 is 5.73 Å². The van der Waals surface area contributed by atoms with Gasteiger partial charge in [-0.05, 0) is 42.5 Å².